The first-order valence-electron chi connectivity index (χ1n) is 22.9. The van der Waals surface area contributed by atoms with E-state index in [1.807, 2.05) is 0 Å². The number of nitrogens with two attached hydrogens (primary N) is 2. The number of primary amides is 2. The maximum atomic E-state index is 14.4. The average molecular weight is 986 g/mol. The Morgan fingerprint density at radius 3 is 1.84 bits per heavy atom. The van der Waals surface area contributed by atoms with Crippen LogP contribution in [0.5, 0.6) is 0 Å². The van der Waals surface area contributed by atoms with Gasteiger partial charge in [-0.25, -0.2) is 8.78 Å². The van der Waals surface area contributed by atoms with Crippen LogP contribution in [0.15, 0.2) is 42.5 Å². The second-order valence-corrected chi connectivity index (χ2v) is 16.3. The van der Waals surface area contributed by atoms with E-state index >= 15 is 0 Å². The highest BCUT2D eigenvalue weighted by atomic mass is 19.1. The molecule has 2 aromatic rings. The molecule has 0 aromatic heterocycles. The Labute approximate surface area is 404 Å². The molecular formula is C47H65F2N9O12. The standard InChI is InChI=1S/C47H65F2N9O12/c1-29(59)53-23-6-4-11-35(57-46(68)36(17-19-39(50)62)58-47(69)45-33(48)9-7-10-34(45)49)38(61)26-31(37(60)18-20-40(51)63)8-3-5-24-54-43(66)27-70-28-44(67)56-32-15-12-30(13-16-32)14-21-42(65)55-25-22-41(64)52-2/h7,9-10,12-13,15-16,31,35-36H,3-6,8,11,14,17-28H2,1-2H3,(H2,50,62)(H2,51,63)(H,52,64)(H,53,59)(H,54,66)(H,55,65)(H,56,67)(H,57,68)(H,58,69)/t31-,35+,36+/m1/s1. The lowest BCUT2D eigenvalue weighted by atomic mass is 9.87. The number of aryl methyl sites for hydroxylation is 1. The van der Waals surface area contributed by atoms with Gasteiger partial charge in [-0.15, -0.1) is 0 Å². The first-order chi connectivity index (χ1) is 33.3. The molecule has 23 heteroatoms. The van der Waals surface area contributed by atoms with E-state index in [-0.39, 0.29) is 82.3 Å². The van der Waals surface area contributed by atoms with Crippen molar-refractivity contribution in [3.8, 4) is 0 Å². The zero-order valence-corrected chi connectivity index (χ0v) is 39.5. The summed E-state index contributed by atoms with van der Waals surface area (Å²) < 4.78 is 34.1. The highest BCUT2D eigenvalue weighted by molar-refractivity contribution is 5.99. The van der Waals surface area contributed by atoms with Crippen molar-refractivity contribution in [2.45, 2.75) is 109 Å². The minimum Gasteiger partial charge on any atom is -0.370 e. The summed E-state index contributed by atoms with van der Waals surface area (Å²) in [6.07, 6.45) is 0.494. The average Bonchev–Trinajstić information content (AvgIpc) is 3.30. The van der Waals surface area contributed by atoms with Crippen molar-refractivity contribution < 1.29 is 66.3 Å². The molecule has 3 atom stereocenters. The Morgan fingerprint density at radius 2 is 1.21 bits per heavy atom. The number of unbranched alkanes of at least 4 members (excludes halogenated alkanes) is 2. The van der Waals surface area contributed by atoms with E-state index in [9.17, 15) is 61.5 Å². The van der Waals surface area contributed by atoms with Gasteiger partial charge in [0.15, 0.2) is 5.78 Å². The molecule has 0 aliphatic carbocycles. The number of hydrogen-bond donors (Lipinski definition) is 9. The van der Waals surface area contributed by atoms with Gasteiger partial charge in [0.05, 0.1) is 6.04 Å². The SMILES string of the molecule is CNC(=O)CCNC(=O)CCc1ccc(NC(=O)COCC(=O)NCCCC[C@H](CC(=O)[C@H](CCCCNC(C)=O)NC(=O)[C@H](CCC(N)=O)NC(=O)c2c(F)cccc2F)C(=O)CCC(N)=O)cc1. The molecular weight excluding hydrogens is 921 g/mol. The zero-order chi connectivity index (χ0) is 52.0. The Hall–Kier alpha value is -7.17. The lowest BCUT2D eigenvalue weighted by Crippen LogP contribution is -2.52. The molecule has 11 N–H and O–H groups in total. The molecule has 0 heterocycles. The molecule has 384 valence electrons. The van der Waals surface area contributed by atoms with E-state index in [0.29, 0.717) is 31.4 Å². The molecule has 0 saturated carbocycles. The van der Waals surface area contributed by atoms with Gasteiger partial charge in [0.1, 0.15) is 42.2 Å². The number of anilines is 1. The van der Waals surface area contributed by atoms with E-state index in [0.717, 1.165) is 23.8 Å². The molecule has 0 bridgehead atoms. The van der Waals surface area contributed by atoms with Crippen molar-refractivity contribution in [1.82, 2.24) is 31.9 Å². The van der Waals surface area contributed by atoms with Gasteiger partial charge in [-0.3, -0.25) is 52.7 Å². The third-order valence-electron chi connectivity index (χ3n) is 10.6. The van der Waals surface area contributed by atoms with E-state index in [1.54, 1.807) is 24.3 Å². The molecule has 0 fully saturated rings. The van der Waals surface area contributed by atoms with Crippen molar-refractivity contribution in [3.63, 3.8) is 0 Å². The van der Waals surface area contributed by atoms with Crippen LogP contribution >= 0.6 is 0 Å². The smallest absolute Gasteiger partial charge is 0.257 e. The van der Waals surface area contributed by atoms with Crippen LogP contribution in [0.1, 0.15) is 106 Å². The third kappa shape index (κ3) is 24.7. The minimum absolute atomic E-state index is 0.000754. The second kappa shape index (κ2) is 32.6. The largest absolute Gasteiger partial charge is 0.370 e. The Balaban J connectivity index is 1.98. The van der Waals surface area contributed by atoms with Crippen molar-refractivity contribution in [2.24, 2.45) is 17.4 Å². The van der Waals surface area contributed by atoms with Crippen LogP contribution in [0.25, 0.3) is 0 Å². The number of ether oxygens (including phenoxy) is 1. The highest BCUT2D eigenvalue weighted by Gasteiger charge is 2.31. The van der Waals surface area contributed by atoms with Crippen LogP contribution in [0.2, 0.25) is 0 Å². The van der Waals surface area contributed by atoms with E-state index in [1.165, 1.54) is 14.0 Å². The van der Waals surface area contributed by atoms with E-state index in [4.69, 9.17) is 16.2 Å². The fraction of sp³-hybridized carbons (Fsp3) is 0.511. The van der Waals surface area contributed by atoms with E-state index in [2.05, 4.69) is 37.2 Å². The number of nitrogens with one attached hydrogen (secondary N) is 7. The molecule has 0 spiro atoms. The summed E-state index contributed by atoms with van der Waals surface area (Å²) >= 11 is 0. The normalized spacial score (nSPS) is 12.0. The summed E-state index contributed by atoms with van der Waals surface area (Å²) in [6, 6.07) is 6.65. The fourth-order valence-corrected chi connectivity index (χ4v) is 6.81. The molecule has 0 radical (unpaired) electrons. The van der Waals surface area contributed by atoms with Gasteiger partial charge in [0.2, 0.25) is 47.3 Å². The van der Waals surface area contributed by atoms with Crippen molar-refractivity contribution >= 4 is 70.4 Å². The Kier molecular flexibility index (Phi) is 27.4. The minimum atomic E-state index is -1.59. The summed E-state index contributed by atoms with van der Waals surface area (Å²) in [4.78, 5) is 137. The number of rotatable bonds is 35. The molecule has 0 aliphatic heterocycles. The van der Waals surface area contributed by atoms with Crippen LogP contribution in [-0.2, 0) is 59.1 Å². The van der Waals surface area contributed by atoms with Gasteiger partial charge in [0.25, 0.3) is 5.91 Å². The number of carbonyl (C=O) groups is 11. The lowest BCUT2D eigenvalue weighted by molar-refractivity contribution is -0.132. The Bertz CT molecular complexity index is 2120. The lowest BCUT2D eigenvalue weighted by Gasteiger charge is -2.24. The van der Waals surface area contributed by atoms with Crippen LogP contribution in [0, 0.1) is 17.6 Å². The van der Waals surface area contributed by atoms with Crippen LogP contribution in [-0.4, -0.2) is 117 Å². The molecule has 0 aliphatic rings. The van der Waals surface area contributed by atoms with Crippen molar-refractivity contribution in [3.05, 3.63) is 65.2 Å². The predicted octanol–water partition coefficient (Wildman–Crippen LogP) is 0.657. The van der Waals surface area contributed by atoms with Gasteiger partial charge in [0, 0.05) is 83.7 Å². The molecule has 21 nitrogen and oxygen atoms in total. The topological polar surface area (TPSA) is 333 Å². The monoisotopic (exact) mass is 985 g/mol. The maximum absolute atomic E-state index is 14.4. The molecule has 0 saturated heterocycles. The van der Waals surface area contributed by atoms with Gasteiger partial charge in [-0.2, -0.15) is 0 Å². The van der Waals surface area contributed by atoms with Gasteiger partial charge in [-0.1, -0.05) is 24.6 Å². The summed E-state index contributed by atoms with van der Waals surface area (Å²) in [7, 11) is 1.51. The van der Waals surface area contributed by atoms with Crippen LogP contribution < -0.4 is 48.7 Å². The van der Waals surface area contributed by atoms with Gasteiger partial charge < -0.3 is 53.4 Å². The first kappa shape index (κ1) is 59.0. The van der Waals surface area contributed by atoms with E-state index < -0.39 is 115 Å². The fourth-order valence-electron chi connectivity index (χ4n) is 6.81. The molecule has 2 aromatic carbocycles. The number of ketones is 2. The van der Waals surface area contributed by atoms with Gasteiger partial charge in [-0.05, 0) is 74.8 Å². The summed E-state index contributed by atoms with van der Waals surface area (Å²) in [5.41, 5.74) is 10.9. The number of carbonyl (C=O) groups excluding carboxylic acids is 11. The number of benzene rings is 2. The number of hydrogen-bond acceptors (Lipinski definition) is 12. The third-order valence-corrected chi connectivity index (χ3v) is 10.6. The highest BCUT2D eigenvalue weighted by Crippen LogP contribution is 2.20. The summed E-state index contributed by atoms with van der Waals surface area (Å²) in [5.74, 6) is -10.0. The molecule has 2 rings (SSSR count). The zero-order valence-electron chi connectivity index (χ0n) is 39.5. The van der Waals surface area contributed by atoms with Crippen LogP contribution in [0.3, 0.4) is 0 Å². The van der Waals surface area contributed by atoms with Gasteiger partial charge >= 0.3 is 0 Å². The second-order valence-electron chi connectivity index (χ2n) is 16.3. The molecule has 0 unspecified atom stereocenters. The molecule has 9 amide bonds. The number of amides is 9. The number of Topliss-reactive ketones (excluding diaryl/α,β-unsaturated/α-hetero) is 2. The van der Waals surface area contributed by atoms with Crippen LogP contribution in [0.4, 0.5) is 14.5 Å². The Morgan fingerprint density at radius 1 is 0.600 bits per heavy atom. The quantitative estimate of drug-likeness (QED) is 0.0430. The predicted molar refractivity (Wildman–Crippen MR) is 250 cm³/mol. The molecule has 70 heavy (non-hydrogen) atoms. The maximum Gasteiger partial charge on any atom is 0.257 e. The van der Waals surface area contributed by atoms with Crippen molar-refractivity contribution in [2.75, 3.05) is 45.2 Å². The summed E-state index contributed by atoms with van der Waals surface area (Å²) in [6.45, 7) is 1.07. The van der Waals surface area contributed by atoms with Crippen molar-refractivity contribution in [1.29, 1.82) is 0 Å². The summed E-state index contributed by atoms with van der Waals surface area (Å²) in [5, 5.41) is 17.8. The number of halogens is 2. The first-order valence-corrected chi connectivity index (χ1v) is 22.9.